The lowest BCUT2D eigenvalue weighted by atomic mass is 10.1. The van der Waals surface area contributed by atoms with E-state index >= 15 is 0 Å². The first kappa shape index (κ1) is 10.4. The predicted molar refractivity (Wildman–Crippen MR) is 42.4 cm³/mol. The first-order chi connectivity index (χ1) is 6.45. The highest BCUT2D eigenvalue weighted by Gasteiger charge is 2.33. The van der Waals surface area contributed by atoms with Crippen molar-refractivity contribution in [3.63, 3.8) is 0 Å². The van der Waals surface area contributed by atoms with Crippen molar-refractivity contribution < 1.29 is 18.3 Å². The Kier molecular flexibility index (Phi) is 2.65. The van der Waals surface area contributed by atoms with Crippen molar-refractivity contribution in [2.75, 3.05) is 0 Å². The van der Waals surface area contributed by atoms with Gasteiger partial charge in [-0.15, -0.1) is 0 Å². The highest BCUT2D eigenvalue weighted by atomic mass is 19.4. The highest BCUT2D eigenvalue weighted by molar-refractivity contribution is 5.38. The zero-order chi connectivity index (χ0) is 10.8. The summed E-state index contributed by atoms with van der Waals surface area (Å²) in [6, 6.07) is 4.73. The molecule has 0 saturated heterocycles. The lowest BCUT2D eigenvalue weighted by Crippen LogP contribution is -2.05. The zero-order valence-corrected chi connectivity index (χ0v) is 6.97. The number of rotatable bonds is 1. The molecular formula is C9H6F3NO. The molecule has 1 aromatic carbocycles. The van der Waals surface area contributed by atoms with E-state index in [1.54, 1.807) is 6.07 Å². The van der Waals surface area contributed by atoms with Crippen molar-refractivity contribution in [3.8, 4) is 11.8 Å². The summed E-state index contributed by atoms with van der Waals surface area (Å²) in [6.45, 7) is 0. The standard InChI is InChI=1S/C9H6F3NO/c10-9(11,12)7-5-6(3-4-13)1-2-8(7)14/h1-2,5,14H,3H2. The van der Waals surface area contributed by atoms with E-state index in [0.29, 0.717) is 0 Å². The van der Waals surface area contributed by atoms with Gasteiger partial charge in [-0.05, 0) is 17.7 Å². The third-order valence-corrected chi connectivity index (χ3v) is 1.65. The van der Waals surface area contributed by atoms with Crippen LogP contribution in [0.4, 0.5) is 13.2 Å². The zero-order valence-electron chi connectivity index (χ0n) is 6.97. The molecule has 0 spiro atoms. The summed E-state index contributed by atoms with van der Waals surface area (Å²) in [6.07, 6.45) is -4.70. The van der Waals surface area contributed by atoms with Crippen LogP contribution in [0.1, 0.15) is 11.1 Å². The molecule has 0 atom stereocenters. The molecule has 0 saturated carbocycles. The van der Waals surface area contributed by atoms with E-state index < -0.39 is 17.5 Å². The lowest BCUT2D eigenvalue weighted by Gasteiger charge is -2.09. The molecule has 0 unspecified atom stereocenters. The van der Waals surface area contributed by atoms with Crippen LogP contribution in [0.3, 0.4) is 0 Å². The van der Waals surface area contributed by atoms with Crippen molar-refractivity contribution in [1.29, 1.82) is 5.26 Å². The van der Waals surface area contributed by atoms with E-state index in [1.807, 2.05) is 0 Å². The number of nitrogens with zero attached hydrogens (tertiary/aromatic N) is 1. The van der Waals surface area contributed by atoms with Gasteiger partial charge >= 0.3 is 6.18 Å². The maximum atomic E-state index is 12.2. The van der Waals surface area contributed by atoms with Gasteiger partial charge in [0.2, 0.25) is 0 Å². The summed E-state index contributed by atoms with van der Waals surface area (Å²) in [5.74, 6) is -0.820. The molecule has 0 aromatic heterocycles. The minimum atomic E-state index is -4.59. The van der Waals surface area contributed by atoms with Gasteiger partial charge in [-0.1, -0.05) is 6.07 Å². The monoisotopic (exact) mass is 201 g/mol. The van der Waals surface area contributed by atoms with Crippen LogP contribution in [0.5, 0.6) is 5.75 Å². The van der Waals surface area contributed by atoms with Gasteiger partial charge in [-0.25, -0.2) is 0 Å². The van der Waals surface area contributed by atoms with E-state index in [4.69, 9.17) is 10.4 Å². The van der Waals surface area contributed by atoms with Gasteiger partial charge in [0.15, 0.2) is 0 Å². The third-order valence-electron chi connectivity index (χ3n) is 1.65. The van der Waals surface area contributed by atoms with Gasteiger partial charge in [0.25, 0.3) is 0 Å². The molecule has 0 heterocycles. The number of benzene rings is 1. The molecule has 0 bridgehead atoms. The Hall–Kier alpha value is -1.70. The van der Waals surface area contributed by atoms with Crippen molar-refractivity contribution >= 4 is 0 Å². The highest BCUT2D eigenvalue weighted by Crippen LogP contribution is 2.35. The Labute approximate surface area is 78.2 Å². The second-order valence-corrected chi connectivity index (χ2v) is 2.68. The fourth-order valence-electron chi connectivity index (χ4n) is 1.01. The van der Waals surface area contributed by atoms with Crippen molar-refractivity contribution in [1.82, 2.24) is 0 Å². The Balaban J connectivity index is 3.17. The van der Waals surface area contributed by atoms with Gasteiger partial charge in [0.05, 0.1) is 18.1 Å². The molecular weight excluding hydrogens is 195 g/mol. The molecule has 0 aliphatic rings. The van der Waals surface area contributed by atoms with Gasteiger partial charge in [-0.3, -0.25) is 0 Å². The van der Waals surface area contributed by atoms with Crippen LogP contribution in [0, 0.1) is 11.3 Å². The average molecular weight is 201 g/mol. The number of alkyl halides is 3. The number of hydrogen-bond donors (Lipinski definition) is 1. The summed E-state index contributed by atoms with van der Waals surface area (Å²) < 4.78 is 36.7. The molecule has 0 aliphatic carbocycles. The number of nitriles is 1. The minimum absolute atomic E-state index is 0.108. The third kappa shape index (κ3) is 2.16. The van der Waals surface area contributed by atoms with E-state index in [9.17, 15) is 13.2 Å². The number of hydrogen-bond acceptors (Lipinski definition) is 2. The van der Waals surface area contributed by atoms with Crippen LogP contribution >= 0.6 is 0 Å². The van der Waals surface area contributed by atoms with Crippen LogP contribution in [0.15, 0.2) is 18.2 Å². The van der Waals surface area contributed by atoms with E-state index in [2.05, 4.69) is 0 Å². The topological polar surface area (TPSA) is 44.0 Å². The second-order valence-electron chi connectivity index (χ2n) is 2.68. The number of phenols is 1. The first-order valence-electron chi connectivity index (χ1n) is 3.71. The number of halogens is 3. The van der Waals surface area contributed by atoms with E-state index in [1.165, 1.54) is 6.07 Å². The molecule has 0 aliphatic heterocycles. The number of aromatic hydroxyl groups is 1. The molecule has 0 amide bonds. The minimum Gasteiger partial charge on any atom is -0.507 e. The quantitative estimate of drug-likeness (QED) is 0.758. The van der Waals surface area contributed by atoms with Crippen LogP contribution in [-0.2, 0) is 12.6 Å². The SMILES string of the molecule is N#CCc1ccc(O)c(C(F)(F)F)c1. The maximum absolute atomic E-state index is 12.2. The van der Waals surface area contributed by atoms with Crippen LogP contribution in [-0.4, -0.2) is 5.11 Å². The largest absolute Gasteiger partial charge is 0.507 e. The molecule has 74 valence electrons. The molecule has 1 N–H and O–H groups in total. The Morgan fingerprint density at radius 3 is 2.50 bits per heavy atom. The summed E-state index contributed by atoms with van der Waals surface area (Å²) in [5.41, 5.74) is -0.872. The Morgan fingerprint density at radius 1 is 1.36 bits per heavy atom. The van der Waals surface area contributed by atoms with E-state index in [0.717, 1.165) is 12.1 Å². The molecule has 1 aromatic rings. The first-order valence-corrected chi connectivity index (χ1v) is 3.71. The van der Waals surface area contributed by atoms with Crippen molar-refractivity contribution in [2.45, 2.75) is 12.6 Å². The van der Waals surface area contributed by atoms with Crippen LogP contribution in [0.2, 0.25) is 0 Å². The van der Waals surface area contributed by atoms with Gasteiger partial charge < -0.3 is 5.11 Å². The fraction of sp³-hybridized carbons (Fsp3) is 0.222. The Morgan fingerprint density at radius 2 is 2.00 bits per heavy atom. The fourth-order valence-corrected chi connectivity index (χ4v) is 1.01. The molecule has 0 fully saturated rings. The molecule has 2 nitrogen and oxygen atoms in total. The molecule has 1 rings (SSSR count). The smallest absolute Gasteiger partial charge is 0.419 e. The van der Waals surface area contributed by atoms with Crippen LogP contribution < -0.4 is 0 Å². The molecule has 14 heavy (non-hydrogen) atoms. The second kappa shape index (κ2) is 3.58. The summed E-state index contributed by atoms with van der Waals surface area (Å²) >= 11 is 0. The molecule has 5 heteroatoms. The normalized spacial score (nSPS) is 11.0. The van der Waals surface area contributed by atoms with Gasteiger partial charge in [0.1, 0.15) is 5.75 Å². The van der Waals surface area contributed by atoms with E-state index in [-0.39, 0.29) is 12.0 Å². The summed E-state index contributed by atoms with van der Waals surface area (Å²) in [7, 11) is 0. The summed E-state index contributed by atoms with van der Waals surface area (Å²) in [5, 5.41) is 17.2. The van der Waals surface area contributed by atoms with Gasteiger partial charge in [0, 0.05) is 0 Å². The number of phenolic OH excluding ortho intramolecular Hbond substituents is 1. The Bertz CT molecular complexity index is 379. The van der Waals surface area contributed by atoms with Crippen molar-refractivity contribution in [2.24, 2.45) is 0 Å². The van der Waals surface area contributed by atoms with Gasteiger partial charge in [-0.2, -0.15) is 18.4 Å². The van der Waals surface area contributed by atoms with Crippen LogP contribution in [0.25, 0.3) is 0 Å². The summed E-state index contributed by atoms with van der Waals surface area (Å²) in [4.78, 5) is 0. The lowest BCUT2D eigenvalue weighted by molar-refractivity contribution is -0.138. The average Bonchev–Trinajstić information content (AvgIpc) is 2.07. The maximum Gasteiger partial charge on any atom is 0.419 e. The predicted octanol–water partition coefficient (Wildman–Crippen LogP) is 2.48. The molecule has 0 radical (unpaired) electrons. The van der Waals surface area contributed by atoms with Crippen molar-refractivity contribution in [3.05, 3.63) is 29.3 Å².